The minimum absolute atomic E-state index is 0.000616. The number of hydrogen-bond donors (Lipinski definition) is 2. The second-order valence-corrected chi connectivity index (χ2v) is 4.18. The molecule has 1 rings (SSSR count). The molecule has 1 unspecified atom stereocenters. The van der Waals surface area contributed by atoms with Gasteiger partial charge in [0.25, 0.3) is 0 Å². The molecule has 0 heterocycles. The molecule has 1 aromatic rings. The van der Waals surface area contributed by atoms with E-state index in [1.807, 2.05) is 32.0 Å². The number of amides is 1. The maximum Gasteiger partial charge on any atom is 0.238 e. The third-order valence-corrected chi connectivity index (χ3v) is 2.42. The van der Waals surface area contributed by atoms with E-state index >= 15 is 0 Å². The number of carbonyl (C=O) groups is 1. The number of hydrogen-bond acceptors (Lipinski definition) is 3. The van der Waals surface area contributed by atoms with Crippen LogP contribution in [0.3, 0.4) is 0 Å². The Morgan fingerprint density at radius 1 is 1.41 bits per heavy atom. The minimum atomic E-state index is -0.607. The van der Waals surface area contributed by atoms with E-state index in [4.69, 9.17) is 11.0 Å². The van der Waals surface area contributed by atoms with Gasteiger partial charge in [-0.15, -0.1) is 0 Å². The van der Waals surface area contributed by atoms with Crippen molar-refractivity contribution in [2.45, 2.75) is 26.3 Å². The summed E-state index contributed by atoms with van der Waals surface area (Å²) in [6.07, 6.45) is 0.486. The van der Waals surface area contributed by atoms with Crippen molar-refractivity contribution in [1.82, 2.24) is 5.32 Å². The summed E-state index contributed by atoms with van der Waals surface area (Å²) in [5.41, 5.74) is 9.13. The predicted octanol–water partition coefficient (Wildman–Crippen LogP) is 0.813. The monoisotopic (exact) mass is 231 g/mol. The van der Waals surface area contributed by atoms with Gasteiger partial charge < -0.3 is 11.1 Å². The summed E-state index contributed by atoms with van der Waals surface area (Å²) in [7, 11) is 0. The van der Waals surface area contributed by atoms with Gasteiger partial charge in [-0.25, -0.2) is 0 Å². The van der Waals surface area contributed by atoms with Gasteiger partial charge in [0, 0.05) is 0 Å². The molecule has 0 saturated carbocycles. The lowest BCUT2D eigenvalue weighted by atomic mass is 10.0. The molecule has 1 aromatic carbocycles. The third kappa shape index (κ3) is 4.25. The molecule has 90 valence electrons. The molecule has 4 heteroatoms. The Kier molecular flexibility index (Phi) is 4.68. The first-order chi connectivity index (χ1) is 8.02. The van der Waals surface area contributed by atoms with Gasteiger partial charge in [-0.1, -0.05) is 29.3 Å². The van der Waals surface area contributed by atoms with Gasteiger partial charge in [0.1, 0.15) is 6.54 Å². The molecule has 0 spiro atoms. The van der Waals surface area contributed by atoms with Gasteiger partial charge in [-0.05, 0) is 25.8 Å². The zero-order valence-electron chi connectivity index (χ0n) is 10.2. The highest BCUT2D eigenvalue weighted by Gasteiger charge is 2.13. The highest BCUT2D eigenvalue weighted by atomic mass is 16.2. The van der Waals surface area contributed by atoms with Crippen molar-refractivity contribution in [3.63, 3.8) is 0 Å². The fourth-order valence-corrected chi connectivity index (χ4v) is 1.79. The summed E-state index contributed by atoms with van der Waals surface area (Å²) >= 11 is 0. The van der Waals surface area contributed by atoms with Crippen LogP contribution in [0.25, 0.3) is 0 Å². The van der Waals surface area contributed by atoms with Crippen LogP contribution in [0, 0.1) is 25.2 Å². The summed E-state index contributed by atoms with van der Waals surface area (Å²) in [6.45, 7) is 4.02. The van der Waals surface area contributed by atoms with Crippen LogP contribution in [0.1, 0.15) is 16.7 Å². The number of nitriles is 1. The maximum absolute atomic E-state index is 11.5. The van der Waals surface area contributed by atoms with Crippen molar-refractivity contribution in [3.05, 3.63) is 34.9 Å². The summed E-state index contributed by atoms with van der Waals surface area (Å²) in [5, 5.41) is 10.8. The van der Waals surface area contributed by atoms with Crippen molar-refractivity contribution < 1.29 is 4.79 Å². The van der Waals surface area contributed by atoms with E-state index in [-0.39, 0.29) is 12.5 Å². The van der Waals surface area contributed by atoms with Crippen molar-refractivity contribution in [2.75, 3.05) is 6.54 Å². The van der Waals surface area contributed by atoms with E-state index in [9.17, 15) is 4.79 Å². The van der Waals surface area contributed by atoms with Gasteiger partial charge in [-0.2, -0.15) is 5.26 Å². The number of benzene rings is 1. The summed E-state index contributed by atoms with van der Waals surface area (Å²) in [6, 6.07) is 7.35. The van der Waals surface area contributed by atoms with Crippen LogP contribution in [0.5, 0.6) is 0 Å². The number of nitrogens with two attached hydrogens (primary N) is 1. The van der Waals surface area contributed by atoms with E-state index in [0.717, 1.165) is 16.7 Å². The van der Waals surface area contributed by atoms with Gasteiger partial charge in [0.2, 0.25) is 5.91 Å². The second kappa shape index (κ2) is 6.02. The lowest BCUT2D eigenvalue weighted by Crippen LogP contribution is -2.42. The van der Waals surface area contributed by atoms with Gasteiger partial charge >= 0.3 is 0 Å². The van der Waals surface area contributed by atoms with Crippen LogP contribution in [0.2, 0.25) is 0 Å². The highest BCUT2D eigenvalue weighted by molar-refractivity contribution is 5.82. The van der Waals surface area contributed by atoms with E-state index < -0.39 is 6.04 Å². The maximum atomic E-state index is 11.5. The van der Waals surface area contributed by atoms with E-state index in [2.05, 4.69) is 11.4 Å². The molecule has 4 nitrogen and oxygen atoms in total. The first-order valence-corrected chi connectivity index (χ1v) is 5.50. The molecule has 1 amide bonds. The molecule has 0 aliphatic rings. The van der Waals surface area contributed by atoms with Crippen molar-refractivity contribution in [2.24, 2.45) is 5.73 Å². The van der Waals surface area contributed by atoms with Crippen molar-refractivity contribution in [1.29, 1.82) is 5.26 Å². The SMILES string of the molecule is Cc1cc(C)cc(CC(N)C(=O)NCC#N)c1. The minimum Gasteiger partial charge on any atom is -0.342 e. The van der Waals surface area contributed by atoms with Crippen LogP contribution in [-0.4, -0.2) is 18.5 Å². The molecule has 17 heavy (non-hydrogen) atoms. The van der Waals surface area contributed by atoms with Gasteiger partial charge in [0.05, 0.1) is 12.1 Å². The average molecular weight is 231 g/mol. The van der Waals surface area contributed by atoms with Crippen LogP contribution in [0.15, 0.2) is 18.2 Å². The Morgan fingerprint density at radius 2 is 2.00 bits per heavy atom. The summed E-state index contributed by atoms with van der Waals surface area (Å²) < 4.78 is 0. The van der Waals surface area contributed by atoms with Crippen LogP contribution < -0.4 is 11.1 Å². The van der Waals surface area contributed by atoms with Crippen molar-refractivity contribution in [3.8, 4) is 6.07 Å². The average Bonchev–Trinajstić information content (AvgIpc) is 2.24. The lowest BCUT2D eigenvalue weighted by molar-refractivity contribution is -0.122. The zero-order valence-corrected chi connectivity index (χ0v) is 10.2. The molecule has 3 N–H and O–H groups in total. The van der Waals surface area contributed by atoms with E-state index in [1.54, 1.807) is 0 Å². The Hall–Kier alpha value is -1.86. The van der Waals surface area contributed by atoms with E-state index in [1.165, 1.54) is 0 Å². The molecule has 0 aromatic heterocycles. The quantitative estimate of drug-likeness (QED) is 0.753. The molecular formula is C13H17N3O. The number of nitrogens with one attached hydrogen (secondary N) is 1. The van der Waals surface area contributed by atoms with Crippen LogP contribution in [0.4, 0.5) is 0 Å². The smallest absolute Gasteiger partial charge is 0.238 e. The largest absolute Gasteiger partial charge is 0.342 e. The standard InChI is InChI=1S/C13H17N3O/c1-9-5-10(2)7-11(6-9)8-12(15)13(17)16-4-3-14/h5-7,12H,4,8,15H2,1-2H3,(H,16,17). The highest BCUT2D eigenvalue weighted by Crippen LogP contribution is 2.10. The van der Waals surface area contributed by atoms with Crippen LogP contribution >= 0.6 is 0 Å². The van der Waals surface area contributed by atoms with Gasteiger partial charge in [-0.3, -0.25) is 4.79 Å². The van der Waals surface area contributed by atoms with Crippen molar-refractivity contribution >= 4 is 5.91 Å². The van der Waals surface area contributed by atoms with E-state index in [0.29, 0.717) is 6.42 Å². The second-order valence-electron chi connectivity index (χ2n) is 4.18. The fourth-order valence-electron chi connectivity index (χ4n) is 1.79. The number of nitrogens with zero attached hydrogens (tertiary/aromatic N) is 1. The topological polar surface area (TPSA) is 78.9 Å². The summed E-state index contributed by atoms with van der Waals surface area (Å²) in [5.74, 6) is -0.286. The number of rotatable bonds is 4. The molecule has 0 saturated heterocycles. The number of carbonyl (C=O) groups excluding carboxylic acids is 1. The zero-order chi connectivity index (χ0) is 12.8. The fraction of sp³-hybridized carbons (Fsp3) is 0.385. The molecular weight excluding hydrogens is 214 g/mol. The Balaban J connectivity index is 2.64. The molecule has 1 atom stereocenters. The molecule has 0 aliphatic carbocycles. The Bertz CT molecular complexity index is 428. The molecule has 0 aliphatic heterocycles. The third-order valence-electron chi connectivity index (χ3n) is 2.42. The predicted molar refractivity (Wildman–Crippen MR) is 66.2 cm³/mol. The first-order valence-electron chi connectivity index (χ1n) is 5.50. The molecule has 0 bridgehead atoms. The first kappa shape index (κ1) is 13.2. The normalized spacial score (nSPS) is 11.6. The molecule has 0 radical (unpaired) electrons. The Labute approximate surface area is 101 Å². The lowest BCUT2D eigenvalue weighted by Gasteiger charge is -2.11. The Morgan fingerprint density at radius 3 is 2.53 bits per heavy atom. The summed E-state index contributed by atoms with van der Waals surface area (Å²) in [4.78, 5) is 11.5. The van der Waals surface area contributed by atoms with Crippen LogP contribution in [-0.2, 0) is 11.2 Å². The molecule has 0 fully saturated rings. The van der Waals surface area contributed by atoms with Gasteiger partial charge in [0.15, 0.2) is 0 Å². The number of aryl methyl sites for hydroxylation is 2.